The van der Waals surface area contributed by atoms with Gasteiger partial charge in [-0.25, -0.2) is 4.68 Å². The number of hydrogen-bond acceptors (Lipinski definition) is 5. The van der Waals surface area contributed by atoms with E-state index in [4.69, 9.17) is 5.73 Å². The van der Waals surface area contributed by atoms with Gasteiger partial charge in [0.05, 0.1) is 4.92 Å². The summed E-state index contributed by atoms with van der Waals surface area (Å²) in [7, 11) is 1.71. The van der Waals surface area contributed by atoms with E-state index < -0.39 is 4.92 Å². The molecule has 1 unspecified atom stereocenters. The number of piperidine rings is 1. The van der Waals surface area contributed by atoms with Crippen LogP contribution in [0.25, 0.3) is 0 Å². The van der Waals surface area contributed by atoms with Crippen LogP contribution in [0, 0.1) is 10.1 Å². The highest BCUT2D eigenvalue weighted by Crippen LogP contribution is 2.28. The third-order valence-electron chi connectivity index (χ3n) is 2.84. The van der Waals surface area contributed by atoms with Gasteiger partial charge in [0.25, 0.3) is 0 Å². The number of nitro groups is 1. The van der Waals surface area contributed by atoms with Gasteiger partial charge in [-0.05, 0) is 12.8 Å². The number of hydrogen-bond donors (Lipinski definition) is 1. The summed E-state index contributed by atoms with van der Waals surface area (Å²) in [6.07, 6.45) is 3.22. The summed E-state index contributed by atoms with van der Waals surface area (Å²) in [5, 5.41) is 14.8. The first-order valence-electron chi connectivity index (χ1n) is 5.26. The lowest BCUT2D eigenvalue weighted by atomic mass is 10.1. The van der Waals surface area contributed by atoms with Crippen LogP contribution in [-0.4, -0.2) is 33.8 Å². The van der Waals surface area contributed by atoms with E-state index >= 15 is 0 Å². The van der Waals surface area contributed by atoms with Crippen LogP contribution >= 0.6 is 0 Å². The van der Waals surface area contributed by atoms with Crippen molar-refractivity contribution in [3.63, 3.8) is 0 Å². The number of nitrogens with two attached hydrogens (primary N) is 1. The van der Waals surface area contributed by atoms with Crippen molar-refractivity contribution in [1.82, 2.24) is 9.78 Å². The minimum Gasteiger partial charge on any atom is -0.350 e. The summed E-state index contributed by atoms with van der Waals surface area (Å²) in [4.78, 5) is 12.4. The van der Waals surface area contributed by atoms with Crippen LogP contribution in [0.2, 0.25) is 0 Å². The van der Waals surface area contributed by atoms with Gasteiger partial charge >= 0.3 is 5.69 Å². The van der Waals surface area contributed by atoms with Gasteiger partial charge in [0, 0.05) is 26.2 Å². The molecular formula is C9H15N5O2. The van der Waals surface area contributed by atoms with Crippen molar-refractivity contribution in [1.29, 1.82) is 0 Å². The Labute approximate surface area is 93.0 Å². The van der Waals surface area contributed by atoms with E-state index in [0.29, 0.717) is 12.4 Å². The average molecular weight is 225 g/mol. The second-order valence-corrected chi connectivity index (χ2v) is 4.08. The molecule has 1 aliphatic rings. The molecule has 1 atom stereocenters. The van der Waals surface area contributed by atoms with Crippen molar-refractivity contribution in [2.75, 3.05) is 18.0 Å². The van der Waals surface area contributed by atoms with Gasteiger partial charge in [-0.1, -0.05) is 0 Å². The molecule has 0 radical (unpaired) electrons. The Hall–Kier alpha value is -1.63. The zero-order valence-electron chi connectivity index (χ0n) is 9.17. The van der Waals surface area contributed by atoms with Crippen molar-refractivity contribution in [2.24, 2.45) is 12.8 Å². The minimum atomic E-state index is -0.400. The molecule has 1 saturated heterocycles. The molecule has 1 aromatic rings. The molecule has 1 aromatic heterocycles. The SMILES string of the molecule is Cn1ncc([N+](=O)[O-])c1N1CCCC(N)C1. The Kier molecular flexibility index (Phi) is 2.78. The monoisotopic (exact) mass is 225 g/mol. The standard InChI is InChI=1S/C9H15N5O2/c1-12-9(8(5-11-12)14(15)16)13-4-2-3-7(10)6-13/h5,7H,2-4,6,10H2,1H3. The smallest absolute Gasteiger partial charge is 0.331 e. The van der Waals surface area contributed by atoms with Gasteiger partial charge in [0.15, 0.2) is 0 Å². The molecular weight excluding hydrogens is 210 g/mol. The second-order valence-electron chi connectivity index (χ2n) is 4.08. The predicted molar refractivity (Wildman–Crippen MR) is 59.3 cm³/mol. The van der Waals surface area contributed by atoms with Gasteiger partial charge in [-0.3, -0.25) is 10.1 Å². The quantitative estimate of drug-likeness (QED) is 0.575. The van der Waals surface area contributed by atoms with E-state index in [9.17, 15) is 10.1 Å². The van der Waals surface area contributed by atoms with Gasteiger partial charge in [0.2, 0.25) is 5.82 Å². The molecule has 0 aromatic carbocycles. The van der Waals surface area contributed by atoms with Gasteiger partial charge < -0.3 is 10.6 Å². The molecule has 1 fully saturated rings. The first-order valence-corrected chi connectivity index (χ1v) is 5.26. The van der Waals surface area contributed by atoms with Crippen molar-refractivity contribution in [2.45, 2.75) is 18.9 Å². The maximum absolute atomic E-state index is 10.9. The summed E-state index contributed by atoms with van der Waals surface area (Å²) in [5.41, 5.74) is 5.92. The van der Waals surface area contributed by atoms with E-state index in [-0.39, 0.29) is 11.7 Å². The van der Waals surface area contributed by atoms with Crippen LogP contribution in [0.5, 0.6) is 0 Å². The van der Waals surface area contributed by atoms with Crippen molar-refractivity contribution < 1.29 is 4.92 Å². The summed E-state index contributed by atoms with van der Waals surface area (Å²) in [5.74, 6) is 0.556. The van der Waals surface area contributed by atoms with Gasteiger partial charge in [-0.2, -0.15) is 5.10 Å². The van der Waals surface area contributed by atoms with Gasteiger partial charge in [-0.15, -0.1) is 0 Å². The molecule has 1 aliphatic heterocycles. The molecule has 16 heavy (non-hydrogen) atoms. The van der Waals surface area contributed by atoms with E-state index in [1.165, 1.54) is 10.9 Å². The number of nitrogens with zero attached hydrogens (tertiary/aromatic N) is 4. The number of aryl methyl sites for hydroxylation is 1. The fourth-order valence-corrected chi connectivity index (χ4v) is 2.12. The highest BCUT2D eigenvalue weighted by Gasteiger charge is 2.27. The molecule has 7 heteroatoms. The zero-order valence-corrected chi connectivity index (χ0v) is 9.17. The number of anilines is 1. The second kappa shape index (κ2) is 4.09. The topological polar surface area (TPSA) is 90.2 Å². The molecule has 0 aliphatic carbocycles. The van der Waals surface area contributed by atoms with E-state index in [1.807, 2.05) is 4.90 Å². The molecule has 0 spiro atoms. The van der Waals surface area contributed by atoms with Crippen molar-refractivity contribution >= 4 is 11.5 Å². The zero-order chi connectivity index (χ0) is 11.7. The maximum atomic E-state index is 10.9. The molecule has 2 rings (SSSR count). The van der Waals surface area contributed by atoms with Crippen LogP contribution in [-0.2, 0) is 7.05 Å². The van der Waals surface area contributed by atoms with Crippen LogP contribution in [0.1, 0.15) is 12.8 Å². The van der Waals surface area contributed by atoms with Crippen molar-refractivity contribution in [3.05, 3.63) is 16.3 Å². The number of rotatable bonds is 2. The third-order valence-corrected chi connectivity index (χ3v) is 2.84. The fraction of sp³-hybridized carbons (Fsp3) is 0.667. The highest BCUT2D eigenvalue weighted by atomic mass is 16.6. The Morgan fingerprint density at radius 2 is 2.44 bits per heavy atom. The maximum Gasteiger partial charge on any atom is 0.331 e. The Balaban J connectivity index is 2.31. The van der Waals surface area contributed by atoms with Crippen LogP contribution in [0.3, 0.4) is 0 Å². The normalized spacial score (nSPS) is 21.1. The molecule has 88 valence electrons. The fourth-order valence-electron chi connectivity index (χ4n) is 2.12. The lowest BCUT2D eigenvalue weighted by Crippen LogP contribution is -2.43. The molecule has 7 nitrogen and oxygen atoms in total. The Morgan fingerprint density at radius 3 is 3.06 bits per heavy atom. The van der Waals surface area contributed by atoms with Gasteiger partial charge in [0.1, 0.15) is 6.20 Å². The molecule has 0 bridgehead atoms. The van der Waals surface area contributed by atoms with Crippen LogP contribution in [0.15, 0.2) is 6.20 Å². The average Bonchev–Trinajstić information content (AvgIpc) is 2.60. The van der Waals surface area contributed by atoms with E-state index in [0.717, 1.165) is 19.4 Å². The molecule has 2 N–H and O–H groups in total. The Bertz CT molecular complexity index is 403. The predicted octanol–water partition coefficient (Wildman–Crippen LogP) is 0.256. The first-order chi connectivity index (χ1) is 7.59. The Morgan fingerprint density at radius 1 is 1.69 bits per heavy atom. The van der Waals surface area contributed by atoms with Crippen molar-refractivity contribution in [3.8, 4) is 0 Å². The lowest BCUT2D eigenvalue weighted by molar-refractivity contribution is -0.384. The highest BCUT2D eigenvalue weighted by molar-refractivity contribution is 5.57. The summed E-state index contributed by atoms with van der Waals surface area (Å²) >= 11 is 0. The van der Waals surface area contributed by atoms with Crippen LogP contribution < -0.4 is 10.6 Å². The van der Waals surface area contributed by atoms with E-state index in [1.54, 1.807) is 7.05 Å². The van der Waals surface area contributed by atoms with E-state index in [2.05, 4.69) is 5.10 Å². The first kappa shape index (κ1) is 10.9. The minimum absolute atomic E-state index is 0.0524. The third kappa shape index (κ3) is 1.85. The molecule has 0 saturated carbocycles. The molecule has 0 amide bonds. The largest absolute Gasteiger partial charge is 0.350 e. The molecule has 2 heterocycles. The van der Waals surface area contributed by atoms with Crippen LogP contribution in [0.4, 0.5) is 11.5 Å². The number of aromatic nitrogens is 2. The summed E-state index contributed by atoms with van der Waals surface area (Å²) in [6.45, 7) is 1.45. The summed E-state index contributed by atoms with van der Waals surface area (Å²) < 4.78 is 1.54. The lowest BCUT2D eigenvalue weighted by Gasteiger charge is -2.31. The summed E-state index contributed by atoms with van der Waals surface area (Å²) in [6, 6.07) is 0.0863.